The van der Waals surface area contributed by atoms with Gasteiger partial charge in [0, 0.05) is 11.6 Å². The Morgan fingerprint density at radius 2 is 2.05 bits per heavy atom. The van der Waals surface area contributed by atoms with E-state index in [9.17, 15) is 9.90 Å². The molecule has 2 aromatic rings. The van der Waals surface area contributed by atoms with Crippen molar-refractivity contribution in [2.45, 2.75) is 19.5 Å². The van der Waals surface area contributed by atoms with E-state index in [-0.39, 0.29) is 11.6 Å². The number of hydrogen-bond acceptors (Lipinski definition) is 3. The summed E-state index contributed by atoms with van der Waals surface area (Å²) in [6.45, 7) is 3.32. The highest BCUT2D eigenvalue weighted by Crippen LogP contribution is 2.35. The Bertz CT molecular complexity index is 700. The Hall–Kier alpha value is -2.20. The van der Waals surface area contributed by atoms with Crippen LogP contribution in [0.25, 0.3) is 0 Å². The molecule has 0 amide bonds. The van der Waals surface area contributed by atoms with Gasteiger partial charge in [0.2, 0.25) is 0 Å². The lowest BCUT2D eigenvalue weighted by molar-refractivity contribution is 0.0697. The standard InChI is InChI=1S/C17H16ClNO3/c1-11-10-22-16-7-4-13(17(20)21)8-15(16)19(11)9-12-2-5-14(18)6-3-12/h2-8,11H,9-10H2,1H3,(H,20,21)/t11-/m0/s1. The predicted octanol–water partition coefficient (Wildman–Crippen LogP) is 3.83. The van der Waals surface area contributed by atoms with Crippen molar-refractivity contribution in [2.75, 3.05) is 11.5 Å². The van der Waals surface area contributed by atoms with Gasteiger partial charge in [-0.15, -0.1) is 0 Å². The number of carbonyl (C=O) groups is 1. The van der Waals surface area contributed by atoms with Crippen molar-refractivity contribution in [1.82, 2.24) is 0 Å². The Balaban J connectivity index is 1.95. The van der Waals surface area contributed by atoms with Gasteiger partial charge in [0.05, 0.1) is 17.3 Å². The van der Waals surface area contributed by atoms with Crippen molar-refractivity contribution in [3.05, 3.63) is 58.6 Å². The quantitative estimate of drug-likeness (QED) is 0.934. The summed E-state index contributed by atoms with van der Waals surface area (Å²) in [7, 11) is 0. The molecule has 1 aliphatic rings. The van der Waals surface area contributed by atoms with Crippen LogP contribution in [-0.4, -0.2) is 23.7 Å². The second kappa shape index (κ2) is 5.89. The van der Waals surface area contributed by atoms with Crippen LogP contribution in [0.3, 0.4) is 0 Å². The van der Waals surface area contributed by atoms with Crippen LogP contribution in [0.2, 0.25) is 5.02 Å². The van der Waals surface area contributed by atoms with E-state index in [1.165, 1.54) is 0 Å². The van der Waals surface area contributed by atoms with Crippen molar-refractivity contribution in [1.29, 1.82) is 0 Å². The van der Waals surface area contributed by atoms with Gasteiger partial charge < -0.3 is 14.7 Å². The molecule has 114 valence electrons. The molecular formula is C17H16ClNO3. The average Bonchev–Trinajstić information content (AvgIpc) is 2.51. The molecule has 0 radical (unpaired) electrons. The first-order chi connectivity index (χ1) is 10.5. The fourth-order valence-electron chi connectivity index (χ4n) is 2.56. The third kappa shape index (κ3) is 2.88. The highest BCUT2D eigenvalue weighted by Gasteiger charge is 2.25. The van der Waals surface area contributed by atoms with E-state index in [0.717, 1.165) is 17.0 Å². The Morgan fingerprint density at radius 3 is 2.73 bits per heavy atom. The largest absolute Gasteiger partial charge is 0.489 e. The molecule has 0 saturated carbocycles. The molecule has 3 rings (SSSR count). The van der Waals surface area contributed by atoms with Crippen LogP contribution in [0.15, 0.2) is 42.5 Å². The molecule has 1 heterocycles. The number of carboxylic acids is 1. The summed E-state index contributed by atoms with van der Waals surface area (Å²) in [5, 5.41) is 9.89. The van der Waals surface area contributed by atoms with Crippen LogP contribution in [0, 0.1) is 0 Å². The summed E-state index contributed by atoms with van der Waals surface area (Å²) in [6.07, 6.45) is 0. The van der Waals surface area contributed by atoms with Gasteiger partial charge in [-0.3, -0.25) is 0 Å². The number of ether oxygens (including phenoxy) is 1. The Labute approximate surface area is 133 Å². The Kier molecular flexibility index (Phi) is 3.94. The predicted molar refractivity (Wildman–Crippen MR) is 86.0 cm³/mol. The molecule has 1 atom stereocenters. The highest BCUT2D eigenvalue weighted by molar-refractivity contribution is 6.30. The second-order valence-electron chi connectivity index (χ2n) is 5.40. The molecule has 2 aromatic carbocycles. The monoisotopic (exact) mass is 317 g/mol. The number of benzene rings is 2. The minimum absolute atomic E-state index is 0.159. The fourth-order valence-corrected chi connectivity index (χ4v) is 2.69. The zero-order valence-corrected chi connectivity index (χ0v) is 12.9. The topological polar surface area (TPSA) is 49.8 Å². The third-order valence-corrected chi connectivity index (χ3v) is 4.05. The molecule has 0 spiro atoms. The minimum atomic E-state index is -0.938. The van der Waals surface area contributed by atoms with Crippen molar-refractivity contribution in [3.8, 4) is 5.75 Å². The second-order valence-corrected chi connectivity index (χ2v) is 5.84. The maximum atomic E-state index is 11.2. The SMILES string of the molecule is C[C@H]1COc2ccc(C(=O)O)cc2N1Cc1ccc(Cl)cc1. The lowest BCUT2D eigenvalue weighted by Crippen LogP contribution is -2.40. The molecule has 0 bridgehead atoms. The van der Waals surface area contributed by atoms with E-state index in [1.54, 1.807) is 18.2 Å². The number of aromatic carboxylic acids is 1. The normalized spacial score (nSPS) is 16.8. The summed E-state index contributed by atoms with van der Waals surface area (Å²) in [6, 6.07) is 12.8. The third-order valence-electron chi connectivity index (χ3n) is 3.79. The fraction of sp³-hybridized carbons (Fsp3) is 0.235. The highest BCUT2D eigenvalue weighted by atomic mass is 35.5. The number of nitrogens with zero attached hydrogens (tertiary/aromatic N) is 1. The van der Waals surface area contributed by atoms with E-state index < -0.39 is 5.97 Å². The zero-order chi connectivity index (χ0) is 15.7. The van der Waals surface area contributed by atoms with Crippen LogP contribution in [0.1, 0.15) is 22.8 Å². The molecule has 0 aliphatic carbocycles. The number of hydrogen-bond donors (Lipinski definition) is 1. The summed E-state index contributed by atoms with van der Waals surface area (Å²) in [5.74, 6) is -0.218. The van der Waals surface area contributed by atoms with E-state index in [2.05, 4.69) is 11.8 Å². The Morgan fingerprint density at radius 1 is 1.32 bits per heavy atom. The van der Waals surface area contributed by atoms with Gasteiger partial charge in [0.25, 0.3) is 0 Å². The number of carboxylic acid groups (broad SMARTS) is 1. The van der Waals surface area contributed by atoms with Gasteiger partial charge in [0.15, 0.2) is 0 Å². The van der Waals surface area contributed by atoms with E-state index in [0.29, 0.717) is 18.2 Å². The van der Waals surface area contributed by atoms with Crippen molar-refractivity contribution < 1.29 is 14.6 Å². The number of halogens is 1. The summed E-state index contributed by atoms with van der Waals surface area (Å²) in [4.78, 5) is 13.4. The number of anilines is 1. The van der Waals surface area contributed by atoms with Crippen molar-refractivity contribution in [3.63, 3.8) is 0 Å². The zero-order valence-electron chi connectivity index (χ0n) is 12.1. The lowest BCUT2D eigenvalue weighted by Gasteiger charge is -2.37. The maximum absolute atomic E-state index is 11.2. The van der Waals surface area contributed by atoms with Crippen molar-refractivity contribution >= 4 is 23.3 Å². The molecular weight excluding hydrogens is 302 g/mol. The first-order valence-corrected chi connectivity index (χ1v) is 7.43. The van der Waals surface area contributed by atoms with Gasteiger partial charge in [-0.05, 0) is 42.8 Å². The van der Waals surface area contributed by atoms with Crippen molar-refractivity contribution in [2.24, 2.45) is 0 Å². The van der Waals surface area contributed by atoms with E-state index >= 15 is 0 Å². The molecule has 0 unspecified atom stereocenters. The molecule has 5 heteroatoms. The molecule has 22 heavy (non-hydrogen) atoms. The minimum Gasteiger partial charge on any atom is -0.489 e. The first kappa shape index (κ1) is 14.7. The van der Waals surface area contributed by atoms with Gasteiger partial charge in [-0.25, -0.2) is 4.79 Å². The van der Waals surface area contributed by atoms with Gasteiger partial charge >= 0.3 is 5.97 Å². The molecule has 1 aliphatic heterocycles. The van der Waals surface area contributed by atoms with Crippen LogP contribution in [-0.2, 0) is 6.54 Å². The molecule has 4 nitrogen and oxygen atoms in total. The van der Waals surface area contributed by atoms with Gasteiger partial charge in [-0.2, -0.15) is 0 Å². The molecule has 0 saturated heterocycles. The van der Waals surface area contributed by atoms with E-state index in [4.69, 9.17) is 16.3 Å². The van der Waals surface area contributed by atoms with Crippen LogP contribution < -0.4 is 9.64 Å². The van der Waals surface area contributed by atoms with Crippen LogP contribution >= 0.6 is 11.6 Å². The first-order valence-electron chi connectivity index (χ1n) is 7.06. The van der Waals surface area contributed by atoms with Gasteiger partial charge in [0.1, 0.15) is 12.4 Å². The van der Waals surface area contributed by atoms with E-state index in [1.807, 2.05) is 24.3 Å². The molecule has 0 aromatic heterocycles. The maximum Gasteiger partial charge on any atom is 0.335 e. The van der Waals surface area contributed by atoms with Crippen LogP contribution in [0.4, 0.5) is 5.69 Å². The molecule has 1 N–H and O–H groups in total. The summed E-state index contributed by atoms with van der Waals surface area (Å²) < 4.78 is 5.70. The molecule has 0 fully saturated rings. The number of rotatable bonds is 3. The van der Waals surface area contributed by atoms with Crippen LogP contribution in [0.5, 0.6) is 5.75 Å². The smallest absolute Gasteiger partial charge is 0.335 e. The summed E-state index contributed by atoms with van der Waals surface area (Å²) in [5.41, 5.74) is 2.19. The summed E-state index contributed by atoms with van der Waals surface area (Å²) >= 11 is 5.92. The number of fused-ring (bicyclic) bond motifs is 1. The average molecular weight is 318 g/mol. The van der Waals surface area contributed by atoms with Gasteiger partial charge in [-0.1, -0.05) is 23.7 Å². The lowest BCUT2D eigenvalue weighted by atomic mass is 10.1.